The van der Waals surface area contributed by atoms with Crippen LogP contribution in [0.2, 0.25) is 0 Å². The maximum atomic E-state index is 5.97. The molecule has 6 heteroatoms. The Morgan fingerprint density at radius 2 is 2.38 bits per heavy atom. The first kappa shape index (κ1) is 10.8. The molecule has 2 rings (SSSR count). The summed E-state index contributed by atoms with van der Waals surface area (Å²) in [5.74, 6) is 1.21. The highest BCUT2D eigenvalue weighted by molar-refractivity contribution is 5.06. The van der Waals surface area contributed by atoms with Crippen molar-refractivity contribution in [2.45, 2.75) is 32.9 Å². The van der Waals surface area contributed by atoms with Crippen LogP contribution in [0.3, 0.4) is 0 Å². The average Bonchev–Trinajstić information content (AvgIpc) is 2.87. The Bertz CT molecular complexity index is 461. The van der Waals surface area contributed by atoms with Gasteiger partial charge in [0.05, 0.1) is 18.6 Å². The molecule has 0 aromatic carbocycles. The van der Waals surface area contributed by atoms with Gasteiger partial charge in [-0.2, -0.15) is 4.98 Å². The summed E-state index contributed by atoms with van der Waals surface area (Å²) in [6, 6.07) is -0.00417. The van der Waals surface area contributed by atoms with E-state index in [0.717, 1.165) is 12.1 Å². The van der Waals surface area contributed by atoms with Gasteiger partial charge in [0.25, 0.3) is 0 Å². The lowest BCUT2D eigenvalue weighted by molar-refractivity contribution is 0.385. The van der Waals surface area contributed by atoms with E-state index >= 15 is 0 Å². The number of rotatable bonds is 4. The van der Waals surface area contributed by atoms with Crippen LogP contribution >= 0.6 is 0 Å². The van der Waals surface area contributed by atoms with Gasteiger partial charge in [0.15, 0.2) is 5.82 Å². The fraction of sp³-hybridized carbons (Fsp3) is 0.500. The number of hydrogen-bond acceptors (Lipinski definition) is 5. The van der Waals surface area contributed by atoms with E-state index in [-0.39, 0.29) is 6.04 Å². The molecule has 6 nitrogen and oxygen atoms in total. The summed E-state index contributed by atoms with van der Waals surface area (Å²) in [4.78, 5) is 8.24. The second-order valence-electron chi connectivity index (χ2n) is 3.69. The van der Waals surface area contributed by atoms with Crippen LogP contribution in [0.15, 0.2) is 17.0 Å². The molecular weight excluding hydrogens is 206 g/mol. The van der Waals surface area contributed by atoms with Crippen LogP contribution in [0.4, 0.5) is 0 Å². The Kier molecular flexibility index (Phi) is 3.00. The number of aryl methyl sites for hydroxylation is 1. The van der Waals surface area contributed by atoms with Crippen LogP contribution in [0.25, 0.3) is 0 Å². The minimum absolute atomic E-state index is 0.00417. The zero-order chi connectivity index (χ0) is 11.5. The van der Waals surface area contributed by atoms with Crippen molar-refractivity contribution in [3.05, 3.63) is 29.9 Å². The molecule has 16 heavy (non-hydrogen) atoms. The largest absolute Gasteiger partial charge is 0.340 e. The van der Waals surface area contributed by atoms with Crippen molar-refractivity contribution in [2.24, 2.45) is 5.73 Å². The van der Waals surface area contributed by atoms with Crippen LogP contribution in [-0.4, -0.2) is 19.7 Å². The summed E-state index contributed by atoms with van der Waals surface area (Å²) >= 11 is 0. The minimum Gasteiger partial charge on any atom is -0.340 e. The molecule has 86 valence electrons. The topological polar surface area (TPSA) is 82.8 Å². The van der Waals surface area contributed by atoms with Crippen molar-refractivity contribution in [1.82, 2.24) is 19.7 Å². The zero-order valence-electron chi connectivity index (χ0n) is 9.42. The third-order valence-electron chi connectivity index (χ3n) is 2.45. The van der Waals surface area contributed by atoms with Gasteiger partial charge >= 0.3 is 0 Å². The van der Waals surface area contributed by atoms with E-state index in [2.05, 4.69) is 15.1 Å². The first-order chi connectivity index (χ1) is 7.70. The Labute approximate surface area is 93.5 Å². The van der Waals surface area contributed by atoms with Crippen LogP contribution < -0.4 is 5.73 Å². The summed E-state index contributed by atoms with van der Waals surface area (Å²) in [7, 11) is 0. The van der Waals surface area contributed by atoms with Crippen molar-refractivity contribution >= 4 is 0 Å². The molecular formula is C10H15N5O. The fourth-order valence-electron chi connectivity index (χ4n) is 1.54. The number of nitrogens with two attached hydrogens (primary N) is 1. The molecule has 0 unspecified atom stereocenters. The molecule has 0 amide bonds. The molecule has 0 spiro atoms. The lowest BCUT2D eigenvalue weighted by Gasteiger charge is -2.10. The van der Waals surface area contributed by atoms with Gasteiger partial charge in [-0.1, -0.05) is 12.1 Å². The summed E-state index contributed by atoms with van der Waals surface area (Å²) < 4.78 is 6.86. The van der Waals surface area contributed by atoms with Gasteiger partial charge in [-0.05, 0) is 6.42 Å². The van der Waals surface area contributed by atoms with E-state index < -0.39 is 0 Å². The summed E-state index contributed by atoms with van der Waals surface area (Å²) in [6.07, 6.45) is 4.38. The highest BCUT2D eigenvalue weighted by Gasteiger charge is 2.11. The van der Waals surface area contributed by atoms with Gasteiger partial charge in [-0.3, -0.25) is 0 Å². The van der Waals surface area contributed by atoms with Crippen LogP contribution in [-0.2, 0) is 6.54 Å². The molecule has 0 aliphatic carbocycles. The van der Waals surface area contributed by atoms with Gasteiger partial charge in [-0.15, -0.1) is 0 Å². The Morgan fingerprint density at radius 3 is 3.00 bits per heavy atom. The molecule has 0 bridgehead atoms. The van der Waals surface area contributed by atoms with E-state index in [1.54, 1.807) is 19.4 Å². The monoisotopic (exact) mass is 221 g/mol. The van der Waals surface area contributed by atoms with Crippen molar-refractivity contribution in [2.75, 3.05) is 0 Å². The maximum absolute atomic E-state index is 5.97. The van der Waals surface area contributed by atoms with Crippen molar-refractivity contribution in [3.8, 4) is 0 Å². The third-order valence-corrected chi connectivity index (χ3v) is 2.45. The number of aromatic nitrogens is 4. The van der Waals surface area contributed by atoms with Crippen LogP contribution in [0.1, 0.15) is 36.8 Å². The predicted molar refractivity (Wildman–Crippen MR) is 57.6 cm³/mol. The second kappa shape index (κ2) is 4.44. The van der Waals surface area contributed by atoms with Gasteiger partial charge in [0, 0.05) is 19.2 Å². The van der Waals surface area contributed by atoms with Crippen molar-refractivity contribution in [3.63, 3.8) is 0 Å². The first-order valence-electron chi connectivity index (χ1n) is 5.25. The van der Waals surface area contributed by atoms with Gasteiger partial charge in [0.2, 0.25) is 5.89 Å². The third kappa shape index (κ3) is 2.11. The molecule has 0 aliphatic heterocycles. The fourth-order valence-corrected chi connectivity index (χ4v) is 1.54. The Balaban J connectivity index is 2.18. The Hall–Kier alpha value is -1.69. The summed E-state index contributed by atoms with van der Waals surface area (Å²) in [5.41, 5.74) is 6.96. The lowest BCUT2D eigenvalue weighted by atomic mass is 10.2. The number of hydrogen-bond donors (Lipinski definition) is 1. The zero-order valence-corrected chi connectivity index (χ0v) is 9.42. The molecule has 2 aromatic rings. The first-order valence-corrected chi connectivity index (χ1v) is 5.25. The van der Waals surface area contributed by atoms with Gasteiger partial charge in [-0.25, -0.2) is 4.98 Å². The molecule has 2 N–H and O–H groups in total. The highest BCUT2D eigenvalue weighted by atomic mass is 16.5. The van der Waals surface area contributed by atoms with E-state index in [0.29, 0.717) is 18.3 Å². The number of nitrogens with zero attached hydrogens (tertiary/aromatic N) is 4. The normalized spacial score (nSPS) is 12.9. The van der Waals surface area contributed by atoms with E-state index in [1.165, 1.54) is 0 Å². The van der Waals surface area contributed by atoms with Crippen LogP contribution in [0.5, 0.6) is 0 Å². The standard InChI is InChI=1S/C10H15N5O/c1-3-8(11)9-4-12-6-15(9)5-10-13-7(2)16-14-10/h4,6,8H,3,5,11H2,1-2H3/t8-/m1/s1. The van der Waals surface area contributed by atoms with Crippen molar-refractivity contribution < 1.29 is 4.52 Å². The molecule has 0 saturated heterocycles. The molecule has 0 radical (unpaired) electrons. The van der Waals surface area contributed by atoms with E-state index in [9.17, 15) is 0 Å². The van der Waals surface area contributed by atoms with E-state index in [4.69, 9.17) is 10.3 Å². The Morgan fingerprint density at radius 1 is 1.56 bits per heavy atom. The molecule has 0 saturated carbocycles. The quantitative estimate of drug-likeness (QED) is 0.833. The van der Waals surface area contributed by atoms with Crippen molar-refractivity contribution in [1.29, 1.82) is 0 Å². The SMILES string of the molecule is CC[C@@H](N)c1cncn1Cc1noc(C)n1. The summed E-state index contributed by atoms with van der Waals surface area (Å²) in [6.45, 7) is 4.35. The van der Waals surface area contributed by atoms with Gasteiger partial charge < -0.3 is 14.8 Å². The number of imidazole rings is 1. The minimum atomic E-state index is -0.00417. The predicted octanol–water partition coefficient (Wildman–Crippen LogP) is 1.03. The highest BCUT2D eigenvalue weighted by Crippen LogP contribution is 2.13. The van der Waals surface area contributed by atoms with E-state index in [1.807, 2.05) is 11.5 Å². The molecule has 2 aromatic heterocycles. The summed E-state index contributed by atoms with van der Waals surface area (Å²) in [5, 5.41) is 3.84. The van der Waals surface area contributed by atoms with Gasteiger partial charge in [0.1, 0.15) is 0 Å². The molecule has 2 heterocycles. The second-order valence-corrected chi connectivity index (χ2v) is 3.69. The van der Waals surface area contributed by atoms with Crippen LogP contribution in [0, 0.1) is 6.92 Å². The average molecular weight is 221 g/mol. The maximum Gasteiger partial charge on any atom is 0.223 e. The molecule has 0 aliphatic rings. The molecule has 0 fully saturated rings. The lowest BCUT2D eigenvalue weighted by Crippen LogP contribution is -2.15. The molecule has 1 atom stereocenters. The smallest absolute Gasteiger partial charge is 0.223 e.